The Morgan fingerprint density at radius 2 is 2.00 bits per heavy atom. The Hall–Kier alpha value is -1.41. The molecule has 2 aliphatic carbocycles. The van der Waals surface area contributed by atoms with Crippen molar-refractivity contribution in [2.75, 3.05) is 0 Å². The minimum Gasteiger partial charge on any atom is -0.389 e. The first kappa shape index (κ1) is 14.5. The molecule has 0 amide bonds. The maximum Gasteiger partial charge on any atom is 0.123 e. The van der Waals surface area contributed by atoms with Crippen LogP contribution in [0.5, 0.6) is 0 Å². The van der Waals surface area contributed by atoms with Crippen molar-refractivity contribution in [3.63, 3.8) is 0 Å². The number of hydrogen-bond acceptors (Lipinski definition) is 2. The molecule has 0 heterocycles. The molecule has 5 atom stereocenters. The van der Waals surface area contributed by atoms with E-state index < -0.39 is 5.60 Å². The lowest BCUT2D eigenvalue weighted by molar-refractivity contribution is -0.112. The topological polar surface area (TPSA) is 37.3 Å². The molecule has 3 rings (SSSR count). The van der Waals surface area contributed by atoms with Gasteiger partial charge < -0.3 is 9.90 Å². The maximum absolute atomic E-state index is 11.4. The quantitative estimate of drug-likeness (QED) is 0.678. The highest BCUT2D eigenvalue weighted by Crippen LogP contribution is 2.62. The first-order valence-corrected chi connectivity index (χ1v) is 7.89. The van der Waals surface area contributed by atoms with Crippen LogP contribution in [0.25, 0.3) is 0 Å². The highest BCUT2D eigenvalue weighted by Gasteiger charge is 2.61. The molecular weight excluding hydrogens is 260 g/mol. The Balaban J connectivity index is 1.91. The lowest BCUT2D eigenvalue weighted by Gasteiger charge is -2.49. The fourth-order valence-corrected chi connectivity index (χ4v) is 4.81. The zero-order valence-corrected chi connectivity index (χ0v) is 12.7. The van der Waals surface area contributed by atoms with Gasteiger partial charge >= 0.3 is 0 Å². The van der Waals surface area contributed by atoms with Crippen molar-refractivity contribution in [1.82, 2.24) is 0 Å². The van der Waals surface area contributed by atoms with Crippen LogP contribution in [0, 0.1) is 17.3 Å². The number of rotatable bonds is 3. The summed E-state index contributed by atoms with van der Waals surface area (Å²) in [5.74, 6) is 0.392. The minimum atomic E-state index is -0.754. The Morgan fingerprint density at radius 1 is 1.29 bits per heavy atom. The van der Waals surface area contributed by atoms with Crippen molar-refractivity contribution in [2.24, 2.45) is 17.3 Å². The molecule has 2 nitrogen and oxygen atoms in total. The van der Waals surface area contributed by atoms with Crippen LogP contribution in [0.3, 0.4) is 0 Å². The number of hydrogen-bond donors (Lipinski definition) is 1. The Morgan fingerprint density at radius 3 is 2.62 bits per heavy atom. The average Bonchev–Trinajstić information content (AvgIpc) is 2.74. The normalized spacial score (nSPS) is 42.3. The second kappa shape index (κ2) is 5.10. The number of carbonyl (C=O) groups is 1. The van der Waals surface area contributed by atoms with E-state index in [1.165, 1.54) is 5.56 Å². The summed E-state index contributed by atoms with van der Waals surface area (Å²) >= 11 is 0. The van der Waals surface area contributed by atoms with Crippen LogP contribution in [-0.2, 0) is 4.79 Å². The van der Waals surface area contributed by atoms with Crippen molar-refractivity contribution in [3.05, 3.63) is 48.6 Å². The van der Waals surface area contributed by atoms with E-state index in [0.717, 1.165) is 25.5 Å². The summed E-state index contributed by atoms with van der Waals surface area (Å²) in [7, 11) is 0. The number of carbonyl (C=O) groups excluding carboxylic acids is 1. The van der Waals surface area contributed by atoms with Gasteiger partial charge in [0.2, 0.25) is 0 Å². The largest absolute Gasteiger partial charge is 0.389 e. The van der Waals surface area contributed by atoms with Crippen LogP contribution in [0.4, 0.5) is 0 Å². The van der Waals surface area contributed by atoms with Gasteiger partial charge in [-0.3, -0.25) is 0 Å². The summed E-state index contributed by atoms with van der Waals surface area (Å²) in [4.78, 5) is 11.4. The molecular formula is C19H24O2. The van der Waals surface area contributed by atoms with Gasteiger partial charge in [0.1, 0.15) is 6.29 Å². The van der Waals surface area contributed by atoms with Gasteiger partial charge in [0.05, 0.1) is 5.60 Å². The van der Waals surface area contributed by atoms with Crippen LogP contribution < -0.4 is 0 Å². The van der Waals surface area contributed by atoms with Gasteiger partial charge in [0.25, 0.3) is 0 Å². The second-order valence-electron chi connectivity index (χ2n) is 7.07. The van der Waals surface area contributed by atoms with Crippen molar-refractivity contribution in [1.29, 1.82) is 0 Å². The van der Waals surface area contributed by atoms with E-state index >= 15 is 0 Å². The van der Waals surface area contributed by atoms with Gasteiger partial charge in [-0.2, -0.15) is 0 Å². The number of allylic oxidation sites excluding steroid dienone is 1. The first-order chi connectivity index (χ1) is 10.0. The average molecular weight is 284 g/mol. The third kappa shape index (κ3) is 2.08. The maximum atomic E-state index is 11.4. The van der Waals surface area contributed by atoms with Crippen molar-refractivity contribution >= 4 is 6.29 Å². The summed E-state index contributed by atoms with van der Waals surface area (Å²) < 4.78 is 0. The molecule has 2 saturated carbocycles. The molecule has 2 heteroatoms. The fourth-order valence-electron chi connectivity index (χ4n) is 4.81. The van der Waals surface area contributed by atoms with E-state index in [9.17, 15) is 9.90 Å². The lowest BCUT2D eigenvalue weighted by atomic mass is 9.59. The smallest absolute Gasteiger partial charge is 0.123 e. The Labute approximate surface area is 126 Å². The van der Waals surface area contributed by atoms with Crippen molar-refractivity contribution in [2.45, 2.75) is 44.1 Å². The molecule has 2 aliphatic rings. The third-order valence-electron chi connectivity index (χ3n) is 6.13. The zero-order valence-electron chi connectivity index (χ0n) is 12.7. The van der Waals surface area contributed by atoms with Gasteiger partial charge in [-0.05, 0) is 43.1 Å². The van der Waals surface area contributed by atoms with E-state index in [2.05, 4.69) is 37.8 Å². The molecule has 0 bridgehead atoms. The summed E-state index contributed by atoms with van der Waals surface area (Å²) in [6.45, 7) is 6.06. The van der Waals surface area contributed by atoms with Gasteiger partial charge in [-0.25, -0.2) is 0 Å². The van der Waals surface area contributed by atoms with E-state index in [0.29, 0.717) is 12.3 Å². The molecule has 1 aromatic rings. The second-order valence-corrected chi connectivity index (χ2v) is 7.07. The lowest BCUT2D eigenvalue weighted by Crippen LogP contribution is -2.48. The Bertz CT molecular complexity index is 538. The van der Waals surface area contributed by atoms with Crippen LogP contribution in [0.1, 0.15) is 44.1 Å². The van der Waals surface area contributed by atoms with Gasteiger partial charge in [0.15, 0.2) is 0 Å². The summed E-state index contributed by atoms with van der Waals surface area (Å²) in [5.41, 5.74) is 0.333. The molecule has 2 fully saturated rings. The van der Waals surface area contributed by atoms with E-state index in [1.807, 2.05) is 12.1 Å². The van der Waals surface area contributed by atoms with Gasteiger partial charge in [-0.15, -0.1) is 6.58 Å². The summed E-state index contributed by atoms with van der Waals surface area (Å²) in [5, 5.41) is 11.3. The summed E-state index contributed by atoms with van der Waals surface area (Å²) in [6, 6.07) is 10.4. The first-order valence-electron chi connectivity index (χ1n) is 7.89. The third-order valence-corrected chi connectivity index (χ3v) is 6.13. The standard InChI is InChI=1S/C19H24O2/c1-3-17-16(13-20)12-19(21)11-15(9-10-18(17,19)2)14-7-5-4-6-8-14/h3-8,13,15-17,21H,1,9-12H2,2H3/t15-,16?,17+,18+,19-/m0/s1. The van der Waals surface area contributed by atoms with Crippen molar-refractivity contribution in [3.8, 4) is 0 Å². The molecule has 0 aromatic heterocycles. The number of aldehydes is 1. The van der Waals surface area contributed by atoms with Crippen molar-refractivity contribution < 1.29 is 9.90 Å². The zero-order chi connectivity index (χ0) is 15.1. The van der Waals surface area contributed by atoms with Crippen LogP contribution >= 0.6 is 0 Å². The highest BCUT2D eigenvalue weighted by molar-refractivity contribution is 5.57. The minimum absolute atomic E-state index is 0.0907. The van der Waals surface area contributed by atoms with E-state index in [1.54, 1.807) is 0 Å². The summed E-state index contributed by atoms with van der Waals surface area (Å²) in [6.07, 6.45) is 6.25. The molecule has 0 saturated heterocycles. The predicted molar refractivity (Wildman–Crippen MR) is 83.9 cm³/mol. The molecule has 0 spiro atoms. The molecule has 21 heavy (non-hydrogen) atoms. The Kier molecular flexibility index (Phi) is 3.53. The molecule has 112 valence electrons. The number of aliphatic hydroxyl groups is 1. The number of fused-ring (bicyclic) bond motifs is 1. The van der Waals surface area contributed by atoms with E-state index in [4.69, 9.17) is 0 Å². The molecule has 0 aliphatic heterocycles. The van der Waals surface area contributed by atoms with E-state index in [-0.39, 0.29) is 17.3 Å². The highest BCUT2D eigenvalue weighted by atomic mass is 16.3. The SMILES string of the molecule is C=C[C@@H]1C(C=O)C[C@@]2(O)C[C@@H](c3ccccc3)CC[C@]12C. The monoisotopic (exact) mass is 284 g/mol. The molecule has 1 unspecified atom stereocenters. The molecule has 1 aromatic carbocycles. The number of benzene rings is 1. The fraction of sp³-hybridized carbons (Fsp3) is 0.526. The molecule has 1 N–H and O–H groups in total. The van der Waals surface area contributed by atoms with Crippen LogP contribution in [-0.4, -0.2) is 17.0 Å². The van der Waals surface area contributed by atoms with Crippen LogP contribution in [0.2, 0.25) is 0 Å². The predicted octanol–water partition coefficient (Wildman–Crippen LogP) is 3.71. The van der Waals surface area contributed by atoms with Gasteiger partial charge in [0, 0.05) is 11.3 Å². The molecule has 0 radical (unpaired) electrons. The van der Waals surface area contributed by atoms with Gasteiger partial charge in [-0.1, -0.05) is 43.3 Å². The van der Waals surface area contributed by atoms with Crippen LogP contribution in [0.15, 0.2) is 43.0 Å².